The third-order valence-corrected chi connectivity index (χ3v) is 4.95. The summed E-state index contributed by atoms with van der Waals surface area (Å²) in [5, 5.41) is 2.25. The molecular weight excluding hydrogens is 320 g/mol. The fourth-order valence-corrected chi connectivity index (χ4v) is 3.60. The van der Waals surface area contributed by atoms with Gasteiger partial charge in [0.2, 0.25) is 5.60 Å². The highest BCUT2D eigenvalue weighted by atomic mass is 16.6. The van der Waals surface area contributed by atoms with Crippen LogP contribution in [0.2, 0.25) is 0 Å². The number of hydrogen-bond acceptors (Lipinski definition) is 2. The number of rotatable bonds is 1. The molecular formula is C24H20O2. The molecule has 1 aliphatic rings. The van der Waals surface area contributed by atoms with Crippen LogP contribution in [0.4, 0.5) is 0 Å². The van der Waals surface area contributed by atoms with E-state index in [9.17, 15) is 4.79 Å². The molecule has 0 fully saturated rings. The molecule has 3 aromatic rings. The molecule has 2 heteroatoms. The largest absolute Gasteiger partial charge is 0.437 e. The van der Waals surface area contributed by atoms with Crippen molar-refractivity contribution in [2.45, 2.75) is 26.4 Å². The maximum atomic E-state index is 12.8. The molecule has 0 amide bonds. The minimum absolute atomic E-state index is 0.314. The first-order valence-corrected chi connectivity index (χ1v) is 8.72. The maximum Gasteiger partial charge on any atom is 0.313 e. The summed E-state index contributed by atoms with van der Waals surface area (Å²) in [6.07, 6.45) is 6.01. The summed E-state index contributed by atoms with van der Waals surface area (Å²) in [4.78, 5) is 12.8. The van der Waals surface area contributed by atoms with E-state index in [1.807, 2.05) is 69.3 Å². The number of carbonyl (C=O) groups excluding carboxylic acids is 1. The summed E-state index contributed by atoms with van der Waals surface area (Å²) in [6, 6.07) is 20.2. The zero-order chi connectivity index (χ0) is 18.5. The van der Waals surface area contributed by atoms with Crippen molar-refractivity contribution in [3.63, 3.8) is 0 Å². The Morgan fingerprint density at radius 2 is 1.65 bits per heavy atom. The summed E-state index contributed by atoms with van der Waals surface area (Å²) in [5.41, 5.74) is 1.96. The van der Waals surface area contributed by atoms with E-state index < -0.39 is 11.0 Å². The molecule has 1 atom stereocenters. The summed E-state index contributed by atoms with van der Waals surface area (Å²) in [7, 11) is 0. The van der Waals surface area contributed by atoms with Gasteiger partial charge < -0.3 is 4.74 Å². The van der Waals surface area contributed by atoms with Crippen LogP contribution in [-0.4, -0.2) is 5.97 Å². The molecule has 4 rings (SSSR count). The molecule has 3 aromatic carbocycles. The first-order valence-electron chi connectivity index (χ1n) is 8.72. The summed E-state index contributed by atoms with van der Waals surface area (Å²) in [5.74, 6) is 2.50. The topological polar surface area (TPSA) is 26.3 Å². The number of terminal acetylenes is 1. The molecule has 0 saturated carbocycles. The summed E-state index contributed by atoms with van der Waals surface area (Å²) < 4.78 is 6.04. The van der Waals surface area contributed by atoms with Gasteiger partial charge in [-0.25, -0.2) is 0 Å². The van der Waals surface area contributed by atoms with Crippen LogP contribution >= 0.6 is 0 Å². The lowest BCUT2D eigenvalue weighted by molar-refractivity contribution is -0.161. The molecule has 0 aromatic heterocycles. The van der Waals surface area contributed by atoms with Gasteiger partial charge in [-0.15, -0.1) is 6.42 Å². The Morgan fingerprint density at radius 3 is 2.38 bits per heavy atom. The van der Waals surface area contributed by atoms with Crippen LogP contribution in [0.1, 0.15) is 31.9 Å². The van der Waals surface area contributed by atoms with Crippen molar-refractivity contribution in [2.24, 2.45) is 5.41 Å². The highest BCUT2D eigenvalue weighted by Gasteiger charge is 2.47. The van der Waals surface area contributed by atoms with E-state index >= 15 is 0 Å². The number of carbonyl (C=O) groups is 1. The average Bonchev–Trinajstić information content (AvgIpc) is 2.92. The van der Waals surface area contributed by atoms with Gasteiger partial charge in [0.05, 0.1) is 5.41 Å². The monoisotopic (exact) mass is 340 g/mol. The summed E-state index contributed by atoms with van der Waals surface area (Å²) >= 11 is 0. The van der Waals surface area contributed by atoms with E-state index in [-0.39, 0.29) is 5.97 Å². The van der Waals surface area contributed by atoms with Gasteiger partial charge in [-0.1, -0.05) is 60.7 Å². The minimum Gasteiger partial charge on any atom is -0.437 e. The molecule has 1 aliphatic carbocycles. The van der Waals surface area contributed by atoms with Crippen molar-refractivity contribution < 1.29 is 9.53 Å². The van der Waals surface area contributed by atoms with Crippen LogP contribution < -0.4 is 0 Å². The number of ether oxygens (including phenoxy) is 1. The molecule has 0 spiro atoms. The van der Waals surface area contributed by atoms with Gasteiger partial charge >= 0.3 is 5.97 Å². The van der Waals surface area contributed by atoms with E-state index in [1.165, 1.54) is 0 Å². The number of hydrogen-bond donors (Lipinski definition) is 0. The zero-order valence-electron chi connectivity index (χ0n) is 15.2. The zero-order valence-corrected chi connectivity index (χ0v) is 15.2. The lowest BCUT2D eigenvalue weighted by atomic mass is 9.89. The molecule has 2 nitrogen and oxygen atoms in total. The molecule has 1 unspecified atom stereocenters. The number of esters is 1. The highest BCUT2D eigenvalue weighted by molar-refractivity contribution is 6.03. The predicted molar refractivity (Wildman–Crippen MR) is 105 cm³/mol. The maximum absolute atomic E-state index is 12.8. The molecule has 0 heterocycles. The van der Waals surface area contributed by atoms with Crippen LogP contribution in [0.3, 0.4) is 0 Å². The van der Waals surface area contributed by atoms with Crippen molar-refractivity contribution in [2.75, 3.05) is 0 Å². The molecule has 0 saturated heterocycles. The van der Waals surface area contributed by atoms with Gasteiger partial charge in [0, 0.05) is 11.1 Å². The van der Waals surface area contributed by atoms with Gasteiger partial charge in [0.15, 0.2) is 0 Å². The van der Waals surface area contributed by atoms with Crippen molar-refractivity contribution in [1.29, 1.82) is 0 Å². The molecule has 0 N–H and O–H groups in total. The van der Waals surface area contributed by atoms with Crippen LogP contribution in [0.5, 0.6) is 0 Å². The first-order chi connectivity index (χ1) is 12.4. The quantitative estimate of drug-likeness (QED) is 0.445. The van der Waals surface area contributed by atoms with Crippen LogP contribution in [0.15, 0.2) is 60.7 Å². The Morgan fingerprint density at radius 1 is 0.962 bits per heavy atom. The fourth-order valence-electron chi connectivity index (χ4n) is 3.60. The third kappa shape index (κ3) is 2.17. The lowest BCUT2D eigenvalue weighted by Gasteiger charge is -2.30. The SMILES string of the molecule is C#CC1(OC(=O)C(C)(C)C)c2ccccc2-c2c1ccc1ccccc21. The van der Waals surface area contributed by atoms with E-state index in [2.05, 4.69) is 18.1 Å². The Kier molecular flexibility index (Phi) is 3.46. The summed E-state index contributed by atoms with van der Waals surface area (Å²) in [6.45, 7) is 5.51. The Bertz CT molecular complexity index is 1080. The molecule has 0 radical (unpaired) electrons. The van der Waals surface area contributed by atoms with Crippen LogP contribution in [0, 0.1) is 17.8 Å². The van der Waals surface area contributed by atoms with E-state index in [0.29, 0.717) is 0 Å². The highest BCUT2D eigenvalue weighted by Crippen LogP contribution is 2.52. The second-order valence-electron chi connectivity index (χ2n) is 7.72. The third-order valence-electron chi connectivity index (χ3n) is 4.95. The van der Waals surface area contributed by atoms with Gasteiger partial charge in [0.25, 0.3) is 0 Å². The van der Waals surface area contributed by atoms with Gasteiger partial charge in [-0.2, -0.15) is 0 Å². The predicted octanol–water partition coefficient (Wildman–Crippen LogP) is 5.29. The minimum atomic E-state index is -1.19. The van der Waals surface area contributed by atoms with Crippen molar-refractivity contribution >= 4 is 16.7 Å². The number of fused-ring (bicyclic) bond motifs is 5. The smallest absolute Gasteiger partial charge is 0.313 e. The Labute approximate surface area is 153 Å². The second-order valence-corrected chi connectivity index (χ2v) is 7.72. The van der Waals surface area contributed by atoms with Gasteiger partial charge in [0.1, 0.15) is 0 Å². The normalized spacial score (nSPS) is 18.1. The van der Waals surface area contributed by atoms with Crippen molar-refractivity contribution in [3.8, 4) is 23.5 Å². The molecule has 0 bridgehead atoms. The average molecular weight is 340 g/mol. The fraction of sp³-hybridized carbons (Fsp3) is 0.208. The van der Waals surface area contributed by atoms with Crippen LogP contribution in [-0.2, 0) is 15.1 Å². The van der Waals surface area contributed by atoms with E-state index in [0.717, 1.165) is 33.0 Å². The van der Waals surface area contributed by atoms with E-state index in [1.54, 1.807) is 0 Å². The van der Waals surface area contributed by atoms with Crippen LogP contribution in [0.25, 0.3) is 21.9 Å². The van der Waals surface area contributed by atoms with Gasteiger partial charge in [-0.3, -0.25) is 4.79 Å². The van der Waals surface area contributed by atoms with E-state index in [4.69, 9.17) is 11.2 Å². The van der Waals surface area contributed by atoms with Crippen molar-refractivity contribution in [1.82, 2.24) is 0 Å². The number of benzene rings is 3. The molecule has 26 heavy (non-hydrogen) atoms. The Hall–Kier alpha value is -3.05. The molecule has 128 valence electrons. The van der Waals surface area contributed by atoms with Gasteiger partial charge in [-0.05, 0) is 48.6 Å². The second kappa shape index (κ2) is 5.47. The van der Waals surface area contributed by atoms with Crippen molar-refractivity contribution in [3.05, 3.63) is 71.8 Å². The molecule has 0 aliphatic heterocycles. The standard InChI is InChI=1S/C24H20O2/c1-5-24(26-22(25)23(2,3)4)19-13-9-8-12-18(19)21-17-11-7-6-10-16(17)14-15-20(21)24/h1,6-15H,2-4H3. The lowest BCUT2D eigenvalue weighted by Crippen LogP contribution is -2.35. The Balaban J connectivity index is 2.06. The first kappa shape index (κ1) is 16.4.